The van der Waals surface area contributed by atoms with Crippen LogP contribution in [0.3, 0.4) is 0 Å². The zero-order valence-electron chi connectivity index (χ0n) is 23.2. The average molecular weight is 501 g/mol. The summed E-state index contributed by atoms with van der Waals surface area (Å²) in [4.78, 5) is 18.0. The molecule has 0 spiro atoms. The molecule has 2 aliphatic rings. The van der Waals surface area contributed by atoms with Crippen LogP contribution in [0.25, 0.3) is 11.0 Å². The summed E-state index contributed by atoms with van der Waals surface area (Å²) in [7, 11) is 1.77. The van der Waals surface area contributed by atoms with Crippen LogP contribution < -0.4 is 10.5 Å². The second-order valence-electron chi connectivity index (χ2n) is 11.6. The van der Waals surface area contributed by atoms with Gasteiger partial charge in [-0.15, -0.1) is 0 Å². The van der Waals surface area contributed by atoms with Crippen LogP contribution in [-0.2, 0) is 25.4 Å². The number of fused-ring (bicyclic) bond motifs is 2. The van der Waals surface area contributed by atoms with Gasteiger partial charge in [0.25, 0.3) is 5.56 Å². The highest BCUT2D eigenvalue weighted by Gasteiger charge is 2.37. The number of piperazine rings is 1. The number of pyridine rings is 1. The maximum absolute atomic E-state index is 12.9. The molecule has 0 radical (unpaired) electrons. The van der Waals surface area contributed by atoms with Crippen molar-refractivity contribution in [1.29, 1.82) is 5.26 Å². The molecular weight excluding hydrogens is 460 g/mol. The Morgan fingerprint density at radius 2 is 1.92 bits per heavy atom. The number of nitriles is 1. The highest BCUT2D eigenvalue weighted by Crippen LogP contribution is 2.40. The van der Waals surface area contributed by atoms with Crippen molar-refractivity contribution in [2.45, 2.75) is 90.4 Å². The number of hydrogen-bond donors (Lipinski definition) is 0. The van der Waals surface area contributed by atoms with Crippen LogP contribution in [0.15, 0.2) is 35.3 Å². The van der Waals surface area contributed by atoms with E-state index in [9.17, 15) is 10.1 Å². The zero-order chi connectivity index (χ0) is 26.5. The SMILES string of the molecule is CC[C@H]1CN(C(C)c2ccc3c(c2)CCC3(C)C)[C@H](CC)CN1c1cc(=O)n(C)c2cn(CC#N)nc12. The molecule has 0 bridgehead atoms. The number of hydrogen-bond acceptors (Lipinski definition) is 5. The maximum atomic E-state index is 12.9. The summed E-state index contributed by atoms with van der Waals surface area (Å²) in [6.45, 7) is 13.5. The first-order valence-corrected chi connectivity index (χ1v) is 13.8. The molecule has 0 amide bonds. The van der Waals surface area contributed by atoms with E-state index in [1.54, 1.807) is 22.4 Å². The number of benzene rings is 1. The zero-order valence-corrected chi connectivity index (χ0v) is 23.2. The van der Waals surface area contributed by atoms with Gasteiger partial charge in [-0.05, 0) is 54.7 Å². The van der Waals surface area contributed by atoms with Gasteiger partial charge in [-0.25, -0.2) is 0 Å². The minimum Gasteiger partial charge on any atom is -0.364 e. The fourth-order valence-electron chi connectivity index (χ4n) is 6.58. The van der Waals surface area contributed by atoms with Gasteiger partial charge in [0, 0.05) is 44.3 Å². The Labute approximate surface area is 220 Å². The van der Waals surface area contributed by atoms with E-state index in [1.165, 1.54) is 29.5 Å². The molecule has 37 heavy (non-hydrogen) atoms. The number of rotatable bonds is 6. The lowest BCUT2D eigenvalue weighted by molar-refractivity contribution is 0.101. The predicted molar refractivity (Wildman–Crippen MR) is 149 cm³/mol. The fraction of sp³-hybridized carbons (Fsp3) is 0.567. The topological polar surface area (TPSA) is 70.1 Å². The Balaban J connectivity index is 1.48. The summed E-state index contributed by atoms with van der Waals surface area (Å²) in [5.74, 6) is 0. The third-order valence-corrected chi connectivity index (χ3v) is 9.02. The fourth-order valence-corrected chi connectivity index (χ4v) is 6.58. The van der Waals surface area contributed by atoms with Crippen molar-refractivity contribution < 1.29 is 0 Å². The Bertz CT molecular complexity index is 1410. The maximum Gasteiger partial charge on any atom is 0.252 e. The molecule has 1 saturated heterocycles. The lowest BCUT2D eigenvalue weighted by atomic mass is 9.86. The second kappa shape index (κ2) is 9.64. The Morgan fingerprint density at radius 3 is 2.62 bits per heavy atom. The van der Waals surface area contributed by atoms with Crippen LogP contribution in [0.2, 0.25) is 0 Å². The summed E-state index contributed by atoms with van der Waals surface area (Å²) in [5.41, 5.74) is 7.14. The molecule has 1 aliphatic carbocycles. The molecule has 0 saturated carbocycles. The van der Waals surface area contributed by atoms with E-state index < -0.39 is 0 Å². The molecular formula is C30H40N6O. The second-order valence-corrected chi connectivity index (χ2v) is 11.6. The summed E-state index contributed by atoms with van der Waals surface area (Å²) in [5, 5.41) is 13.9. The molecule has 3 heterocycles. The summed E-state index contributed by atoms with van der Waals surface area (Å²) < 4.78 is 3.27. The van der Waals surface area contributed by atoms with E-state index in [1.807, 2.05) is 6.20 Å². The van der Waals surface area contributed by atoms with E-state index in [4.69, 9.17) is 5.10 Å². The van der Waals surface area contributed by atoms with Gasteiger partial charge >= 0.3 is 0 Å². The van der Waals surface area contributed by atoms with E-state index >= 15 is 0 Å². The van der Waals surface area contributed by atoms with Crippen molar-refractivity contribution in [3.8, 4) is 6.07 Å². The highest BCUT2D eigenvalue weighted by molar-refractivity contribution is 5.88. The van der Waals surface area contributed by atoms with Gasteiger partial charge in [0.15, 0.2) is 0 Å². The van der Waals surface area contributed by atoms with E-state index in [-0.39, 0.29) is 23.6 Å². The molecule has 7 heteroatoms. The first kappa shape index (κ1) is 25.5. The van der Waals surface area contributed by atoms with Gasteiger partial charge in [0.1, 0.15) is 12.1 Å². The smallest absolute Gasteiger partial charge is 0.252 e. The molecule has 1 fully saturated rings. The number of aromatic nitrogens is 3. The number of anilines is 1. The van der Waals surface area contributed by atoms with Crippen molar-refractivity contribution in [3.63, 3.8) is 0 Å². The summed E-state index contributed by atoms with van der Waals surface area (Å²) in [6, 6.07) is 12.0. The van der Waals surface area contributed by atoms with Gasteiger partial charge in [0.05, 0.1) is 23.5 Å². The standard InChI is InChI=1S/C30H40N6O/c1-7-23-18-36(26-16-28(37)33(6)27-19-34(14-13-31)32-29(26)27)24(8-2)17-35(23)20(3)21-9-10-25-22(15-21)11-12-30(25,4)5/h9-10,15-16,19-20,23-24H,7-8,11-12,14,17-18H2,1-6H3/t20?,23-,24+/m1/s1. The Kier molecular flexibility index (Phi) is 6.66. The van der Waals surface area contributed by atoms with Crippen molar-refractivity contribution in [2.24, 2.45) is 7.05 Å². The Morgan fingerprint density at radius 1 is 1.16 bits per heavy atom. The van der Waals surface area contributed by atoms with Crippen LogP contribution in [-0.4, -0.2) is 44.4 Å². The van der Waals surface area contributed by atoms with Crippen LogP contribution in [0.1, 0.15) is 76.6 Å². The third kappa shape index (κ3) is 4.35. The van der Waals surface area contributed by atoms with Crippen molar-refractivity contribution >= 4 is 16.7 Å². The lowest BCUT2D eigenvalue weighted by Crippen LogP contribution is -2.58. The molecule has 3 atom stereocenters. The van der Waals surface area contributed by atoms with Crippen molar-refractivity contribution in [2.75, 3.05) is 18.0 Å². The molecule has 196 valence electrons. The van der Waals surface area contributed by atoms with Crippen molar-refractivity contribution in [3.05, 3.63) is 57.5 Å². The van der Waals surface area contributed by atoms with Crippen LogP contribution in [0.5, 0.6) is 0 Å². The molecule has 2 aromatic heterocycles. The predicted octanol–water partition coefficient (Wildman–Crippen LogP) is 4.92. The average Bonchev–Trinajstić information content (AvgIpc) is 3.45. The number of nitrogens with zero attached hydrogens (tertiary/aromatic N) is 6. The molecule has 3 aromatic rings. The monoisotopic (exact) mass is 500 g/mol. The molecule has 7 nitrogen and oxygen atoms in total. The van der Waals surface area contributed by atoms with Gasteiger partial charge in [0.2, 0.25) is 0 Å². The van der Waals surface area contributed by atoms with Gasteiger partial charge in [-0.2, -0.15) is 10.4 Å². The Hall–Kier alpha value is -3.11. The molecule has 1 aliphatic heterocycles. The van der Waals surface area contributed by atoms with Gasteiger partial charge in [-0.3, -0.25) is 14.4 Å². The normalized spacial score (nSPS) is 22.2. The summed E-state index contributed by atoms with van der Waals surface area (Å²) >= 11 is 0. The first-order valence-electron chi connectivity index (χ1n) is 13.8. The first-order chi connectivity index (χ1) is 17.7. The lowest BCUT2D eigenvalue weighted by Gasteiger charge is -2.49. The van der Waals surface area contributed by atoms with Gasteiger partial charge in [-0.1, -0.05) is 45.9 Å². The largest absolute Gasteiger partial charge is 0.364 e. The van der Waals surface area contributed by atoms with Crippen LogP contribution in [0.4, 0.5) is 5.69 Å². The van der Waals surface area contributed by atoms with Crippen molar-refractivity contribution in [1.82, 2.24) is 19.2 Å². The van der Waals surface area contributed by atoms with E-state index in [0.717, 1.165) is 42.7 Å². The molecule has 5 rings (SSSR count). The van der Waals surface area contributed by atoms with Crippen LogP contribution >= 0.6 is 0 Å². The molecule has 1 aromatic carbocycles. The summed E-state index contributed by atoms with van der Waals surface area (Å²) in [6.07, 6.45) is 6.22. The highest BCUT2D eigenvalue weighted by atomic mass is 16.1. The quantitative estimate of drug-likeness (QED) is 0.480. The minimum absolute atomic E-state index is 0.0428. The minimum atomic E-state index is -0.0428. The number of aryl methyl sites for hydroxylation is 2. The van der Waals surface area contributed by atoms with E-state index in [2.05, 4.69) is 68.7 Å². The van der Waals surface area contributed by atoms with E-state index in [0.29, 0.717) is 12.1 Å². The third-order valence-electron chi connectivity index (χ3n) is 9.02. The van der Waals surface area contributed by atoms with Crippen LogP contribution in [0, 0.1) is 11.3 Å². The molecule has 0 N–H and O–H groups in total. The molecule has 1 unspecified atom stereocenters. The van der Waals surface area contributed by atoms with Gasteiger partial charge < -0.3 is 9.47 Å².